The Labute approximate surface area is 189 Å². The molecule has 0 bridgehead atoms. The summed E-state index contributed by atoms with van der Waals surface area (Å²) in [4.78, 5) is 15.6. The Morgan fingerprint density at radius 2 is 0.767 bits per heavy atom. The minimum Gasteiger partial charge on any atom is -2.00 e. The summed E-state index contributed by atoms with van der Waals surface area (Å²) in [6, 6.07) is 18.0. The van der Waals surface area contributed by atoms with Crippen LogP contribution in [0.1, 0.15) is 17.1 Å². The van der Waals surface area contributed by atoms with E-state index in [9.17, 15) is 0 Å². The molecule has 0 aliphatic heterocycles. The van der Waals surface area contributed by atoms with Gasteiger partial charge in [0, 0.05) is 59.3 Å². The molecule has 0 aromatic carbocycles. The van der Waals surface area contributed by atoms with Gasteiger partial charge in [-0.3, -0.25) is 19.9 Å². The zero-order valence-corrected chi connectivity index (χ0v) is 18.0. The molecule has 0 radical (unpaired) electrons. The first-order valence-corrected chi connectivity index (χ1v) is 7.32. The molecule has 3 aromatic heterocycles. The Kier molecular flexibility index (Phi) is 32.4. The maximum Gasteiger partial charge on any atom is 0.0544 e. The SMILES string of the molecule is O.O.O.O.[Mo].[O-2].[O-2].[O-2].c1ccc(CN(Cc2ccccn2)Cc2ccccn2)nc1. The summed E-state index contributed by atoms with van der Waals surface area (Å²) >= 11 is 0. The van der Waals surface area contributed by atoms with E-state index >= 15 is 0 Å². The molecular weight excluding hydrogens is 480 g/mol. The molecule has 12 heteroatoms. The summed E-state index contributed by atoms with van der Waals surface area (Å²) in [5, 5.41) is 0. The van der Waals surface area contributed by atoms with Crippen molar-refractivity contribution in [1.82, 2.24) is 19.9 Å². The van der Waals surface area contributed by atoms with Crippen LogP contribution >= 0.6 is 0 Å². The number of hydrogen-bond acceptors (Lipinski definition) is 4. The van der Waals surface area contributed by atoms with Gasteiger partial charge in [-0.05, 0) is 36.4 Å². The van der Waals surface area contributed by atoms with E-state index in [2.05, 4.69) is 19.9 Å². The van der Waals surface area contributed by atoms with Gasteiger partial charge in [0.15, 0.2) is 0 Å². The molecule has 0 atom stereocenters. The topological polar surface area (TPSA) is 253 Å². The van der Waals surface area contributed by atoms with E-state index in [0.717, 1.165) is 36.7 Å². The van der Waals surface area contributed by atoms with Gasteiger partial charge in [-0.1, -0.05) is 18.2 Å². The Morgan fingerprint density at radius 1 is 0.500 bits per heavy atom. The molecule has 0 spiro atoms. The predicted molar refractivity (Wildman–Crippen MR) is 102 cm³/mol. The van der Waals surface area contributed by atoms with Gasteiger partial charge in [0.2, 0.25) is 0 Å². The molecule has 3 rings (SSSR count). The Balaban J connectivity index is -0.000000180. The molecule has 8 N–H and O–H groups in total. The molecule has 3 aromatic rings. The van der Waals surface area contributed by atoms with Gasteiger partial charge in [-0.2, -0.15) is 0 Å². The van der Waals surface area contributed by atoms with Gasteiger partial charge in [-0.25, -0.2) is 0 Å². The molecule has 30 heavy (non-hydrogen) atoms. The fourth-order valence-electron chi connectivity index (χ4n) is 2.33. The van der Waals surface area contributed by atoms with Crippen LogP contribution in [0.4, 0.5) is 0 Å². The Morgan fingerprint density at radius 3 is 0.967 bits per heavy atom. The number of hydrogen-bond donors (Lipinski definition) is 0. The van der Waals surface area contributed by atoms with Crippen LogP contribution in [-0.2, 0) is 57.1 Å². The van der Waals surface area contributed by atoms with Crippen molar-refractivity contribution in [1.29, 1.82) is 0 Å². The van der Waals surface area contributed by atoms with E-state index in [0.29, 0.717) is 0 Å². The van der Waals surface area contributed by atoms with Gasteiger partial charge in [-0.15, -0.1) is 0 Å². The molecule has 0 fully saturated rings. The molecule has 11 nitrogen and oxygen atoms in total. The minimum atomic E-state index is 0. The monoisotopic (exact) mass is 508 g/mol. The summed E-state index contributed by atoms with van der Waals surface area (Å²) < 4.78 is 0. The second kappa shape index (κ2) is 23.1. The standard InChI is InChI=1S/C18H18N4.Mo.4H2O.3O/c1-4-10-19-16(7-1)13-22(14-17-8-2-5-11-20-17)15-18-9-3-6-12-21-18;;;;;;;;/h1-12H,13-15H2;;4*1H2;;;/q;;;;;;3*-2. The maximum atomic E-state index is 4.42. The average Bonchev–Trinajstić information content (AvgIpc) is 2.57. The van der Waals surface area contributed by atoms with Gasteiger partial charge in [0.25, 0.3) is 0 Å². The van der Waals surface area contributed by atoms with E-state index in [-0.39, 0.29) is 59.4 Å². The van der Waals surface area contributed by atoms with Crippen LogP contribution in [0.3, 0.4) is 0 Å². The van der Waals surface area contributed by atoms with Crippen molar-refractivity contribution >= 4 is 0 Å². The molecule has 0 saturated carbocycles. The van der Waals surface area contributed by atoms with Crippen LogP contribution in [0, 0.1) is 0 Å². The van der Waals surface area contributed by atoms with Gasteiger partial charge < -0.3 is 38.3 Å². The summed E-state index contributed by atoms with van der Waals surface area (Å²) in [7, 11) is 0. The molecule has 0 amide bonds. The molecule has 3 heterocycles. The van der Waals surface area contributed by atoms with Crippen molar-refractivity contribution in [3.05, 3.63) is 90.3 Å². The third-order valence-electron chi connectivity index (χ3n) is 3.34. The number of pyridine rings is 3. The predicted octanol–water partition coefficient (Wildman–Crippen LogP) is -0.584. The summed E-state index contributed by atoms with van der Waals surface area (Å²) in [5.74, 6) is 0. The van der Waals surface area contributed by atoms with Crippen LogP contribution in [0.25, 0.3) is 0 Å². The van der Waals surface area contributed by atoms with Crippen LogP contribution in [0.2, 0.25) is 0 Å². The second-order valence-electron chi connectivity index (χ2n) is 5.11. The first kappa shape index (κ1) is 42.0. The molecule has 172 valence electrons. The van der Waals surface area contributed by atoms with Gasteiger partial charge >= 0.3 is 0 Å². The van der Waals surface area contributed by atoms with E-state index < -0.39 is 0 Å². The van der Waals surface area contributed by atoms with Gasteiger partial charge in [0.1, 0.15) is 0 Å². The molecule has 0 saturated heterocycles. The summed E-state index contributed by atoms with van der Waals surface area (Å²) in [6.07, 6.45) is 5.49. The molecule has 0 aliphatic rings. The normalized spacial score (nSPS) is 7.90. The number of rotatable bonds is 6. The van der Waals surface area contributed by atoms with Crippen molar-refractivity contribution in [2.24, 2.45) is 0 Å². The number of nitrogens with zero attached hydrogens (tertiary/aromatic N) is 4. The third-order valence-corrected chi connectivity index (χ3v) is 3.34. The first-order valence-electron chi connectivity index (χ1n) is 7.32. The van der Waals surface area contributed by atoms with Gasteiger partial charge in [0.05, 0.1) is 17.1 Å². The largest absolute Gasteiger partial charge is 2.00 e. The van der Waals surface area contributed by atoms with Crippen molar-refractivity contribution in [3.8, 4) is 0 Å². The van der Waals surface area contributed by atoms with Crippen LogP contribution in [0.15, 0.2) is 73.2 Å². The van der Waals surface area contributed by atoms with Crippen LogP contribution < -0.4 is 0 Å². The van der Waals surface area contributed by atoms with E-state index in [1.54, 1.807) is 0 Å². The quantitative estimate of drug-likeness (QED) is 0.397. The zero-order valence-electron chi connectivity index (χ0n) is 16.0. The fraction of sp³-hybridized carbons (Fsp3) is 0.167. The summed E-state index contributed by atoms with van der Waals surface area (Å²) in [6.45, 7) is 2.32. The van der Waals surface area contributed by atoms with E-state index in [4.69, 9.17) is 0 Å². The zero-order chi connectivity index (χ0) is 15.0. The number of aromatic nitrogens is 3. The first-order chi connectivity index (χ1) is 10.9. The van der Waals surface area contributed by atoms with Crippen molar-refractivity contribution in [2.75, 3.05) is 0 Å². The van der Waals surface area contributed by atoms with Crippen molar-refractivity contribution in [3.63, 3.8) is 0 Å². The average molecular weight is 506 g/mol. The van der Waals surface area contributed by atoms with Crippen LogP contribution in [0.5, 0.6) is 0 Å². The molecule has 0 unspecified atom stereocenters. The molecular formula is C18H26MoN4O7-6. The van der Waals surface area contributed by atoms with Crippen molar-refractivity contribution < 1.29 is 59.4 Å². The second-order valence-corrected chi connectivity index (χ2v) is 5.11. The van der Waals surface area contributed by atoms with E-state index in [1.807, 2.05) is 73.2 Å². The fourth-order valence-corrected chi connectivity index (χ4v) is 2.33. The maximum absolute atomic E-state index is 4.42. The van der Waals surface area contributed by atoms with Crippen molar-refractivity contribution in [2.45, 2.75) is 19.6 Å². The summed E-state index contributed by atoms with van der Waals surface area (Å²) in [5.41, 5.74) is 3.15. The van der Waals surface area contributed by atoms with E-state index in [1.165, 1.54) is 0 Å². The van der Waals surface area contributed by atoms with Crippen LogP contribution in [-0.4, -0.2) is 41.8 Å². The Hall–Kier alpha value is -2.18. The smallest absolute Gasteiger partial charge is 0.0544 e. The Bertz CT molecular complexity index is 602. The third kappa shape index (κ3) is 13.9. The minimum absolute atomic E-state index is 0. The molecule has 0 aliphatic carbocycles.